The molecule has 0 aliphatic carbocycles. The Labute approximate surface area is 127 Å². The van der Waals surface area contributed by atoms with Gasteiger partial charge in [-0.05, 0) is 38.5 Å². The summed E-state index contributed by atoms with van der Waals surface area (Å²) in [5, 5.41) is 2.95. The molecule has 0 fully saturated rings. The molecule has 0 unspecified atom stereocenters. The van der Waals surface area contributed by atoms with E-state index in [0.717, 1.165) is 5.56 Å². The maximum Gasteiger partial charge on any atom is 0.241 e. The van der Waals surface area contributed by atoms with Gasteiger partial charge in [0, 0.05) is 16.6 Å². The first-order valence-electron chi connectivity index (χ1n) is 5.92. The van der Waals surface area contributed by atoms with Crippen molar-refractivity contribution in [2.24, 2.45) is 0 Å². The van der Waals surface area contributed by atoms with Crippen molar-refractivity contribution in [3.8, 4) is 0 Å². The highest BCUT2D eigenvalue weighted by molar-refractivity contribution is 7.89. The minimum Gasteiger partial charge on any atom is -0.248 e. The van der Waals surface area contributed by atoms with Gasteiger partial charge in [0.1, 0.15) is 5.01 Å². The molecule has 0 aliphatic rings. The van der Waals surface area contributed by atoms with Gasteiger partial charge in [0.15, 0.2) is 0 Å². The number of halogens is 1. The monoisotopic (exact) mass is 330 g/mol. The molecule has 0 atom stereocenters. The van der Waals surface area contributed by atoms with Crippen LogP contribution < -0.4 is 4.72 Å². The van der Waals surface area contributed by atoms with Crippen LogP contribution >= 0.6 is 22.9 Å². The Hall–Kier alpha value is -0.950. The van der Waals surface area contributed by atoms with Crippen LogP contribution in [0.5, 0.6) is 0 Å². The summed E-state index contributed by atoms with van der Waals surface area (Å²) in [5.41, 5.74) is 0.0643. The van der Waals surface area contributed by atoms with Crippen LogP contribution in [0.1, 0.15) is 24.4 Å². The van der Waals surface area contributed by atoms with Crippen LogP contribution in [0.25, 0.3) is 0 Å². The number of nitrogens with zero attached hydrogens (tertiary/aromatic N) is 1. The number of aryl methyl sites for hydroxylation is 1. The highest BCUT2D eigenvalue weighted by atomic mass is 35.5. The third-order valence-corrected chi connectivity index (χ3v) is 5.97. The second-order valence-corrected chi connectivity index (χ2v) is 7.96. The van der Waals surface area contributed by atoms with E-state index in [0.29, 0.717) is 10.0 Å². The number of hydrogen-bond donors (Lipinski definition) is 1. The first kappa shape index (κ1) is 15.4. The number of benzene rings is 1. The quantitative estimate of drug-likeness (QED) is 0.935. The maximum atomic E-state index is 12.4. The molecule has 1 aromatic heterocycles. The van der Waals surface area contributed by atoms with Crippen molar-refractivity contribution in [2.45, 2.75) is 31.2 Å². The summed E-state index contributed by atoms with van der Waals surface area (Å²) in [6, 6.07) is 4.69. The zero-order valence-corrected chi connectivity index (χ0v) is 13.7. The largest absolute Gasteiger partial charge is 0.248 e. The van der Waals surface area contributed by atoms with Crippen LogP contribution in [-0.4, -0.2) is 13.4 Å². The molecule has 7 heteroatoms. The Morgan fingerprint density at radius 3 is 2.60 bits per heavy atom. The lowest BCUT2D eigenvalue weighted by Crippen LogP contribution is -2.40. The van der Waals surface area contributed by atoms with E-state index in [4.69, 9.17) is 11.6 Å². The average Bonchev–Trinajstić information content (AvgIpc) is 2.85. The van der Waals surface area contributed by atoms with Crippen LogP contribution in [0.15, 0.2) is 34.7 Å². The van der Waals surface area contributed by atoms with E-state index in [1.807, 2.05) is 12.3 Å². The van der Waals surface area contributed by atoms with Crippen molar-refractivity contribution >= 4 is 33.0 Å². The normalized spacial score (nSPS) is 12.6. The number of nitrogens with one attached hydrogen (secondary N) is 1. The lowest BCUT2D eigenvalue weighted by atomic mass is 10.1. The molecule has 0 saturated heterocycles. The Kier molecular flexibility index (Phi) is 4.20. The van der Waals surface area contributed by atoms with E-state index < -0.39 is 15.6 Å². The summed E-state index contributed by atoms with van der Waals surface area (Å²) in [4.78, 5) is 4.31. The molecule has 20 heavy (non-hydrogen) atoms. The van der Waals surface area contributed by atoms with Crippen LogP contribution in [0, 0.1) is 6.92 Å². The van der Waals surface area contributed by atoms with Gasteiger partial charge in [-0.25, -0.2) is 13.4 Å². The lowest BCUT2D eigenvalue weighted by molar-refractivity contribution is 0.470. The lowest BCUT2D eigenvalue weighted by Gasteiger charge is -2.23. The number of aromatic nitrogens is 1. The summed E-state index contributed by atoms with van der Waals surface area (Å²) >= 11 is 7.40. The van der Waals surface area contributed by atoms with Crippen molar-refractivity contribution in [2.75, 3.05) is 0 Å². The van der Waals surface area contributed by atoms with E-state index in [-0.39, 0.29) is 4.90 Å². The van der Waals surface area contributed by atoms with Crippen LogP contribution in [0.2, 0.25) is 5.02 Å². The van der Waals surface area contributed by atoms with Gasteiger partial charge < -0.3 is 0 Å². The van der Waals surface area contributed by atoms with Crippen molar-refractivity contribution < 1.29 is 8.42 Å². The van der Waals surface area contributed by atoms with E-state index in [2.05, 4.69) is 9.71 Å². The van der Waals surface area contributed by atoms with Crippen LogP contribution in [-0.2, 0) is 15.6 Å². The second kappa shape index (κ2) is 5.44. The zero-order chi connectivity index (χ0) is 15.0. The minimum absolute atomic E-state index is 0.151. The minimum atomic E-state index is -3.65. The smallest absolute Gasteiger partial charge is 0.241 e. The number of sulfonamides is 1. The van der Waals surface area contributed by atoms with Gasteiger partial charge in [-0.1, -0.05) is 17.7 Å². The molecule has 0 radical (unpaired) electrons. The SMILES string of the molecule is Cc1ccc(S(=O)(=O)NC(C)(C)c2nccs2)cc1Cl. The Morgan fingerprint density at radius 2 is 2.05 bits per heavy atom. The van der Waals surface area contributed by atoms with Crippen LogP contribution in [0.3, 0.4) is 0 Å². The highest BCUT2D eigenvalue weighted by Crippen LogP contribution is 2.26. The van der Waals surface area contributed by atoms with Crippen LogP contribution in [0.4, 0.5) is 0 Å². The molecule has 1 heterocycles. The Bertz CT molecular complexity index is 710. The summed E-state index contributed by atoms with van der Waals surface area (Å²) in [7, 11) is -3.65. The summed E-state index contributed by atoms with van der Waals surface area (Å²) in [6.07, 6.45) is 1.65. The Morgan fingerprint density at radius 1 is 1.35 bits per heavy atom. The molecular formula is C13H15ClN2O2S2. The fourth-order valence-electron chi connectivity index (χ4n) is 1.71. The molecule has 4 nitrogen and oxygen atoms in total. The number of thiazole rings is 1. The third-order valence-electron chi connectivity index (χ3n) is 2.81. The molecule has 0 aliphatic heterocycles. The van der Waals surface area contributed by atoms with E-state index in [9.17, 15) is 8.42 Å². The first-order valence-corrected chi connectivity index (χ1v) is 8.66. The fourth-order valence-corrected chi connectivity index (χ4v) is 4.15. The molecule has 2 aromatic rings. The number of hydrogen-bond acceptors (Lipinski definition) is 4. The molecular weight excluding hydrogens is 316 g/mol. The van der Waals surface area contributed by atoms with Gasteiger partial charge in [-0.3, -0.25) is 0 Å². The van der Waals surface area contributed by atoms with Crippen molar-refractivity contribution in [3.05, 3.63) is 45.4 Å². The molecule has 2 rings (SSSR count). The first-order chi connectivity index (χ1) is 9.22. The van der Waals surface area contributed by atoms with Gasteiger partial charge >= 0.3 is 0 Å². The summed E-state index contributed by atoms with van der Waals surface area (Å²) in [5.74, 6) is 0. The van der Waals surface area contributed by atoms with E-state index in [1.165, 1.54) is 17.4 Å². The molecule has 0 spiro atoms. The van der Waals surface area contributed by atoms with Gasteiger partial charge in [-0.15, -0.1) is 11.3 Å². The van der Waals surface area contributed by atoms with Gasteiger partial charge in [0.2, 0.25) is 10.0 Å². The van der Waals surface area contributed by atoms with Crippen molar-refractivity contribution in [1.82, 2.24) is 9.71 Å². The summed E-state index contributed by atoms with van der Waals surface area (Å²) in [6.45, 7) is 5.38. The molecule has 0 amide bonds. The van der Waals surface area contributed by atoms with E-state index in [1.54, 1.807) is 32.2 Å². The molecule has 0 saturated carbocycles. The van der Waals surface area contributed by atoms with Crippen molar-refractivity contribution in [3.63, 3.8) is 0 Å². The maximum absolute atomic E-state index is 12.4. The molecule has 108 valence electrons. The predicted octanol–water partition coefficient (Wildman–Crippen LogP) is 3.32. The summed E-state index contributed by atoms with van der Waals surface area (Å²) < 4.78 is 27.5. The molecule has 1 aromatic carbocycles. The van der Waals surface area contributed by atoms with Gasteiger partial charge in [0.25, 0.3) is 0 Å². The van der Waals surface area contributed by atoms with Crippen molar-refractivity contribution in [1.29, 1.82) is 0 Å². The molecule has 0 bridgehead atoms. The van der Waals surface area contributed by atoms with Gasteiger partial charge in [0.05, 0.1) is 10.4 Å². The average molecular weight is 331 g/mol. The third kappa shape index (κ3) is 3.20. The Balaban J connectivity index is 2.34. The fraction of sp³-hybridized carbons (Fsp3) is 0.308. The topological polar surface area (TPSA) is 59.1 Å². The van der Waals surface area contributed by atoms with Gasteiger partial charge in [-0.2, -0.15) is 4.72 Å². The molecule has 1 N–H and O–H groups in total. The number of rotatable bonds is 4. The van der Waals surface area contributed by atoms with E-state index >= 15 is 0 Å². The second-order valence-electron chi connectivity index (χ2n) is 4.98. The standard InChI is InChI=1S/C13H15ClN2O2S2/c1-9-4-5-10(8-11(9)14)20(17,18)16-13(2,3)12-15-6-7-19-12/h4-8,16H,1-3H3. The highest BCUT2D eigenvalue weighted by Gasteiger charge is 2.30. The predicted molar refractivity (Wildman–Crippen MR) is 81.7 cm³/mol. The zero-order valence-electron chi connectivity index (χ0n) is 11.3.